The van der Waals surface area contributed by atoms with Crippen LogP contribution in [0.2, 0.25) is 0 Å². The Morgan fingerprint density at radius 3 is 2.49 bits per heavy atom. The number of benzene rings is 1. The highest BCUT2D eigenvalue weighted by atomic mass is 19.4. The number of carbonyl (C=O) groups excluding carboxylic acids is 2. The molecule has 190 valence electrons. The van der Waals surface area contributed by atoms with Crippen LogP contribution in [0.15, 0.2) is 30.3 Å². The van der Waals surface area contributed by atoms with Crippen LogP contribution < -0.4 is 11.1 Å². The van der Waals surface area contributed by atoms with Gasteiger partial charge in [-0.15, -0.1) is 0 Å². The smallest absolute Gasteiger partial charge is 0.364 e. The topological polar surface area (TPSA) is 129 Å². The number of nitrogens with zero attached hydrogens (tertiary/aromatic N) is 5. The van der Waals surface area contributed by atoms with E-state index in [1.165, 1.54) is 29.8 Å². The second kappa shape index (κ2) is 8.01. The summed E-state index contributed by atoms with van der Waals surface area (Å²) in [5.74, 6) is -5.08. The van der Waals surface area contributed by atoms with Crippen LogP contribution in [0, 0.1) is 18.6 Å². The molecule has 2 amide bonds. The number of nitrogens with two attached hydrogens (primary N) is 1. The molecule has 1 aromatic carbocycles. The first-order valence-corrected chi connectivity index (χ1v) is 10.7. The van der Waals surface area contributed by atoms with Gasteiger partial charge in [0.25, 0.3) is 5.91 Å². The number of hydrogen-bond donors (Lipinski definition) is 2. The fraction of sp³-hybridized carbons (Fsp3) is 0.217. The number of hydrogen-bond acceptors (Lipinski definition) is 6. The van der Waals surface area contributed by atoms with Crippen LogP contribution >= 0.6 is 0 Å². The van der Waals surface area contributed by atoms with E-state index >= 15 is 0 Å². The standard InChI is InChI=1S/C23H16F5N7O2/c1-9-13(25)7-11-15(34-35(20(11)30-9)8-10-5-3-4-6-12(10)24)19-31-16(17(29)36)14-18(32-19)33-21(37)22(14,2)23(26,27)28/h3-7H,8H2,1-2H3,(H2,29,36)(H,31,32,33,37). The van der Waals surface area contributed by atoms with Gasteiger partial charge in [-0.1, -0.05) is 18.2 Å². The third kappa shape index (κ3) is 3.58. The van der Waals surface area contributed by atoms with Crippen molar-refractivity contribution in [3.63, 3.8) is 0 Å². The van der Waals surface area contributed by atoms with E-state index in [1.54, 1.807) is 6.07 Å². The third-order valence-corrected chi connectivity index (χ3v) is 6.24. The lowest BCUT2D eigenvalue weighted by Crippen LogP contribution is -2.46. The van der Waals surface area contributed by atoms with E-state index < -0.39 is 57.9 Å². The van der Waals surface area contributed by atoms with Gasteiger partial charge in [-0.3, -0.25) is 9.59 Å². The highest BCUT2D eigenvalue weighted by Gasteiger charge is 2.64. The van der Waals surface area contributed by atoms with Gasteiger partial charge < -0.3 is 11.1 Å². The number of aromatic nitrogens is 5. The maximum Gasteiger partial charge on any atom is 0.407 e. The van der Waals surface area contributed by atoms with Gasteiger partial charge in [0.05, 0.1) is 23.2 Å². The minimum atomic E-state index is -5.10. The molecule has 1 aliphatic heterocycles. The first-order chi connectivity index (χ1) is 17.3. The van der Waals surface area contributed by atoms with Crippen LogP contribution in [0.1, 0.15) is 34.2 Å². The first-order valence-electron chi connectivity index (χ1n) is 10.7. The number of anilines is 1. The summed E-state index contributed by atoms with van der Waals surface area (Å²) < 4.78 is 71.8. The minimum absolute atomic E-state index is 0.00892. The molecule has 0 fully saturated rings. The molecule has 5 rings (SSSR count). The van der Waals surface area contributed by atoms with Gasteiger partial charge in [0.1, 0.15) is 28.8 Å². The quantitative estimate of drug-likeness (QED) is 0.400. The van der Waals surface area contributed by atoms with Crippen molar-refractivity contribution >= 4 is 28.7 Å². The van der Waals surface area contributed by atoms with Crippen molar-refractivity contribution in [2.75, 3.05) is 5.32 Å². The summed E-state index contributed by atoms with van der Waals surface area (Å²) in [7, 11) is 0. The number of carbonyl (C=O) groups is 2. The zero-order valence-electron chi connectivity index (χ0n) is 19.1. The molecule has 0 aliphatic carbocycles. The molecule has 0 saturated carbocycles. The molecule has 1 atom stereocenters. The number of rotatable bonds is 4. The van der Waals surface area contributed by atoms with Gasteiger partial charge in [-0.25, -0.2) is 28.4 Å². The Kier molecular flexibility index (Phi) is 5.24. The molecule has 14 heteroatoms. The SMILES string of the molecule is Cc1nc2c(cc1F)c(-c1nc3c(c(C(N)=O)n1)C(C)(C(F)(F)F)C(=O)N3)nn2Cc1ccccc1F. The zero-order chi connectivity index (χ0) is 26.9. The number of halogens is 5. The molecule has 37 heavy (non-hydrogen) atoms. The van der Waals surface area contributed by atoms with Gasteiger partial charge in [0.2, 0.25) is 5.91 Å². The summed E-state index contributed by atoms with van der Waals surface area (Å²) in [5, 5.41) is 6.39. The Hall–Kier alpha value is -4.49. The van der Waals surface area contributed by atoms with Crippen LogP contribution in [0.4, 0.5) is 27.8 Å². The molecule has 0 spiro atoms. The fourth-order valence-electron chi connectivity index (χ4n) is 4.15. The highest BCUT2D eigenvalue weighted by molar-refractivity contribution is 6.10. The maximum absolute atomic E-state index is 14.5. The van der Waals surface area contributed by atoms with Crippen molar-refractivity contribution < 1.29 is 31.5 Å². The van der Waals surface area contributed by atoms with E-state index in [1.807, 2.05) is 5.32 Å². The Labute approximate surface area is 204 Å². The Morgan fingerprint density at radius 2 is 1.84 bits per heavy atom. The van der Waals surface area contributed by atoms with Crippen molar-refractivity contribution in [2.24, 2.45) is 5.73 Å². The Bertz CT molecular complexity index is 1630. The van der Waals surface area contributed by atoms with E-state index in [4.69, 9.17) is 5.73 Å². The van der Waals surface area contributed by atoms with Crippen molar-refractivity contribution in [3.05, 3.63) is 64.5 Å². The molecule has 1 aliphatic rings. The van der Waals surface area contributed by atoms with Gasteiger partial charge in [-0.05, 0) is 26.0 Å². The molecule has 4 heterocycles. The number of pyridine rings is 1. The Morgan fingerprint density at radius 1 is 1.14 bits per heavy atom. The van der Waals surface area contributed by atoms with E-state index in [2.05, 4.69) is 20.1 Å². The molecule has 0 radical (unpaired) electrons. The second-order valence-electron chi connectivity index (χ2n) is 8.58. The number of fused-ring (bicyclic) bond motifs is 2. The molecule has 9 nitrogen and oxygen atoms in total. The first kappa shape index (κ1) is 24.2. The zero-order valence-corrected chi connectivity index (χ0v) is 19.1. The molecular formula is C23H16F5N7O2. The second-order valence-corrected chi connectivity index (χ2v) is 8.58. The van der Waals surface area contributed by atoms with Crippen LogP contribution in [-0.2, 0) is 16.8 Å². The van der Waals surface area contributed by atoms with Crippen LogP contribution in [0.5, 0.6) is 0 Å². The summed E-state index contributed by atoms with van der Waals surface area (Å²) in [4.78, 5) is 36.7. The molecule has 4 aromatic rings. The normalized spacial score (nSPS) is 17.2. The van der Waals surface area contributed by atoms with Gasteiger partial charge >= 0.3 is 6.18 Å². The molecule has 3 N–H and O–H groups in total. The number of nitrogens with one attached hydrogen (secondary N) is 1. The summed E-state index contributed by atoms with van der Waals surface area (Å²) in [6.45, 7) is 1.85. The lowest BCUT2D eigenvalue weighted by Gasteiger charge is -2.25. The predicted molar refractivity (Wildman–Crippen MR) is 119 cm³/mol. The molecule has 1 unspecified atom stereocenters. The maximum atomic E-state index is 14.5. The summed E-state index contributed by atoms with van der Waals surface area (Å²) in [5.41, 5.74) is 0.707. The monoisotopic (exact) mass is 517 g/mol. The van der Waals surface area contributed by atoms with E-state index in [9.17, 15) is 31.5 Å². The highest BCUT2D eigenvalue weighted by Crippen LogP contribution is 2.49. The van der Waals surface area contributed by atoms with Crippen molar-refractivity contribution in [1.29, 1.82) is 0 Å². The van der Waals surface area contributed by atoms with Crippen molar-refractivity contribution in [3.8, 4) is 11.5 Å². The largest absolute Gasteiger partial charge is 0.407 e. The molecule has 0 bridgehead atoms. The lowest BCUT2D eigenvalue weighted by molar-refractivity contribution is -0.186. The number of primary amides is 1. The number of alkyl halides is 3. The fourth-order valence-corrected chi connectivity index (χ4v) is 4.15. The minimum Gasteiger partial charge on any atom is -0.364 e. The number of aryl methyl sites for hydroxylation is 1. The molecular weight excluding hydrogens is 501 g/mol. The van der Waals surface area contributed by atoms with Crippen molar-refractivity contribution in [2.45, 2.75) is 32.0 Å². The van der Waals surface area contributed by atoms with Crippen LogP contribution in [0.25, 0.3) is 22.6 Å². The van der Waals surface area contributed by atoms with Crippen molar-refractivity contribution in [1.82, 2.24) is 24.7 Å². The van der Waals surface area contributed by atoms with Gasteiger partial charge in [0, 0.05) is 5.56 Å². The van der Waals surface area contributed by atoms with E-state index in [0.717, 1.165) is 6.07 Å². The summed E-state index contributed by atoms with van der Waals surface area (Å²) in [6.07, 6.45) is -5.10. The van der Waals surface area contributed by atoms with Gasteiger partial charge in [0.15, 0.2) is 16.9 Å². The third-order valence-electron chi connectivity index (χ3n) is 6.24. The average Bonchev–Trinajstić information content (AvgIpc) is 3.29. The number of amides is 2. The van der Waals surface area contributed by atoms with E-state index in [-0.39, 0.29) is 34.5 Å². The molecule has 3 aromatic heterocycles. The average molecular weight is 517 g/mol. The van der Waals surface area contributed by atoms with E-state index in [0.29, 0.717) is 6.92 Å². The predicted octanol–water partition coefficient (Wildman–Crippen LogP) is 3.39. The molecule has 0 saturated heterocycles. The Balaban J connectivity index is 1.76. The van der Waals surface area contributed by atoms with Crippen LogP contribution in [-0.4, -0.2) is 42.7 Å². The summed E-state index contributed by atoms with van der Waals surface area (Å²) >= 11 is 0. The lowest BCUT2D eigenvalue weighted by atomic mass is 9.82. The summed E-state index contributed by atoms with van der Waals surface area (Å²) in [6, 6.07) is 6.91. The van der Waals surface area contributed by atoms with Gasteiger partial charge in [-0.2, -0.15) is 18.3 Å². The van der Waals surface area contributed by atoms with Crippen LogP contribution in [0.3, 0.4) is 0 Å².